The highest BCUT2D eigenvalue weighted by Crippen LogP contribution is 2.14. The Kier molecular flexibility index (Phi) is 5.32. The van der Waals surface area contributed by atoms with E-state index < -0.39 is 0 Å². The molecule has 0 bridgehead atoms. The van der Waals surface area contributed by atoms with Crippen molar-refractivity contribution in [2.24, 2.45) is 7.05 Å². The van der Waals surface area contributed by atoms with Crippen molar-refractivity contribution in [3.8, 4) is 0 Å². The Morgan fingerprint density at radius 1 is 1.26 bits per heavy atom. The van der Waals surface area contributed by atoms with E-state index in [2.05, 4.69) is 0 Å². The maximum atomic E-state index is 12.0. The minimum atomic E-state index is -0.166. The Balaban J connectivity index is 2.38. The van der Waals surface area contributed by atoms with Gasteiger partial charge in [0, 0.05) is 24.0 Å². The van der Waals surface area contributed by atoms with E-state index in [4.69, 9.17) is 9.47 Å². The van der Waals surface area contributed by atoms with Crippen molar-refractivity contribution in [1.29, 1.82) is 0 Å². The van der Waals surface area contributed by atoms with Crippen molar-refractivity contribution in [2.75, 3.05) is 19.8 Å². The molecule has 0 spiro atoms. The summed E-state index contributed by atoms with van der Waals surface area (Å²) in [4.78, 5) is 12.0. The monoisotopic (exact) mass is 267 g/mol. The molecule has 0 saturated carbocycles. The average molecular weight is 267 g/mol. The molecule has 0 N–H and O–H groups in total. The van der Waals surface area contributed by atoms with Gasteiger partial charge in [0.1, 0.15) is 6.61 Å². The highest BCUT2D eigenvalue weighted by atomic mass is 16.5. The van der Waals surface area contributed by atoms with Crippen LogP contribution in [-0.4, -0.2) is 35.8 Å². The van der Waals surface area contributed by atoms with Crippen molar-refractivity contribution in [2.45, 2.75) is 40.2 Å². The number of aryl methyl sites for hydroxylation is 1. The van der Waals surface area contributed by atoms with E-state index in [1.165, 1.54) is 0 Å². The van der Waals surface area contributed by atoms with Crippen LogP contribution in [0.15, 0.2) is 6.07 Å². The lowest BCUT2D eigenvalue weighted by Gasteiger charge is -2.19. The van der Waals surface area contributed by atoms with Gasteiger partial charge in [-0.3, -0.25) is 4.79 Å². The van der Waals surface area contributed by atoms with Crippen LogP contribution in [0.3, 0.4) is 0 Å². The lowest BCUT2D eigenvalue weighted by atomic mass is 10.1. The minimum Gasteiger partial charge on any atom is -0.373 e. The molecule has 0 radical (unpaired) electrons. The molecule has 1 rings (SSSR count). The quantitative estimate of drug-likeness (QED) is 0.587. The first-order valence-electron chi connectivity index (χ1n) is 6.60. The van der Waals surface area contributed by atoms with Crippen molar-refractivity contribution in [1.82, 2.24) is 4.57 Å². The third kappa shape index (κ3) is 4.80. The summed E-state index contributed by atoms with van der Waals surface area (Å²) in [7, 11) is 1.96. The Bertz CT molecular complexity index is 441. The summed E-state index contributed by atoms with van der Waals surface area (Å²) < 4.78 is 12.9. The predicted molar refractivity (Wildman–Crippen MR) is 75.7 cm³/mol. The smallest absolute Gasteiger partial charge is 0.190 e. The molecule has 19 heavy (non-hydrogen) atoms. The van der Waals surface area contributed by atoms with Crippen LogP contribution in [0, 0.1) is 13.8 Å². The van der Waals surface area contributed by atoms with Gasteiger partial charge in [0.15, 0.2) is 5.78 Å². The lowest BCUT2D eigenvalue weighted by Crippen LogP contribution is -2.22. The molecule has 1 heterocycles. The summed E-state index contributed by atoms with van der Waals surface area (Å²) in [6, 6.07) is 1.91. The van der Waals surface area contributed by atoms with Gasteiger partial charge >= 0.3 is 0 Å². The molecule has 108 valence electrons. The van der Waals surface area contributed by atoms with E-state index in [-0.39, 0.29) is 18.0 Å². The molecule has 1 aromatic rings. The van der Waals surface area contributed by atoms with Gasteiger partial charge in [0.25, 0.3) is 0 Å². The minimum absolute atomic E-state index is 0.0250. The van der Waals surface area contributed by atoms with Crippen LogP contribution < -0.4 is 0 Å². The summed E-state index contributed by atoms with van der Waals surface area (Å²) in [6.07, 6.45) is 0. The zero-order valence-corrected chi connectivity index (χ0v) is 12.9. The van der Waals surface area contributed by atoms with Gasteiger partial charge in [-0.2, -0.15) is 0 Å². The predicted octanol–water partition coefficient (Wildman–Crippen LogP) is 2.66. The Hall–Kier alpha value is -1.13. The molecule has 4 nitrogen and oxygen atoms in total. The van der Waals surface area contributed by atoms with Gasteiger partial charge < -0.3 is 14.0 Å². The van der Waals surface area contributed by atoms with Crippen LogP contribution in [0.1, 0.15) is 42.5 Å². The van der Waals surface area contributed by atoms with Crippen LogP contribution in [-0.2, 0) is 16.5 Å². The van der Waals surface area contributed by atoms with Gasteiger partial charge in [0.05, 0.1) is 18.8 Å². The Labute approximate surface area is 115 Å². The summed E-state index contributed by atoms with van der Waals surface area (Å²) in [5.74, 6) is 0.0250. The van der Waals surface area contributed by atoms with Crippen LogP contribution in [0.2, 0.25) is 0 Å². The molecule has 0 saturated heterocycles. The standard InChI is InChI=1S/C15H25NO3/c1-11-9-13(12(2)16(11)6)14(17)10-18-7-8-19-15(3,4)5/h9H,7-8,10H2,1-6H3. The first kappa shape index (κ1) is 15.9. The average Bonchev–Trinajstić information content (AvgIpc) is 2.55. The number of hydrogen-bond acceptors (Lipinski definition) is 3. The van der Waals surface area contributed by atoms with Gasteiger partial charge in [-0.1, -0.05) is 0 Å². The fraction of sp³-hybridized carbons (Fsp3) is 0.667. The molecule has 0 atom stereocenters. The highest BCUT2D eigenvalue weighted by Gasteiger charge is 2.14. The number of Topliss-reactive ketones (excluding diaryl/α,β-unsaturated/α-hetero) is 1. The van der Waals surface area contributed by atoms with E-state index in [9.17, 15) is 4.79 Å². The zero-order chi connectivity index (χ0) is 14.6. The summed E-state index contributed by atoms with van der Waals surface area (Å²) in [6.45, 7) is 11.0. The Morgan fingerprint density at radius 3 is 2.37 bits per heavy atom. The molecule has 0 fully saturated rings. The van der Waals surface area contributed by atoms with Gasteiger partial charge in [-0.25, -0.2) is 0 Å². The number of rotatable bonds is 6. The second-order valence-electron chi connectivity index (χ2n) is 5.78. The molecule has 0 aliphatic carbocycles. The van der Waals surface area contributed by atoms with E-state index in [0.717, 1.165) is 17.0 Å². The van der Waals surface area contributed by atoms with Gasteiger partial charge in [-0.05, 0) is 40.7 Å². The molecular weight excluding hydrogens is 242 g/mol. The fourth-order valence-electron chi connectivity index (χ4n) is 1.79. The van der Waals surface area contributed by atoms with E-state index >= 15 is 0 Å². The molecule has 4 heteroatoms. The largest absolute Gasteiger partial charge is 0.373 e. The topological polar surface area (TPSA) is 40.5 Å². The number of carbonyl (C=O) groups is 1. The molecule has 0 amide bonds. The van der Waals surface area contributed by atoms with E-state index in [0.29, 0.717) is 13.2 Å². The zero-order valence-electron chi connectivity index (χ0n) is 12.9. The molecule has 0 aromatic carbocycles. The van der Waals surface area contributed by atoms with E-state index in [1.54, 1.807) is 0 Å². The summed E-state index contributed by atoms with van der Waals surface area (Å²) in [5.41, 5.74) is 2.64. The second-order valence-corrected chi connectivity index (χ2v) is 5.78. The highest BCUT2D eigenvalue weighted by molar-refractivity contribution is 5.98. The summed E-state index contributed by atoms with van der Waals surface area (Å²) >= 11 is 0. The number of hydrogen-bond donors (Lipinski definition) is 0. The number of ketones is 1. The number of aromatic nitrogens is 1. The van der Waals surface area contributed by atoms with Crippen molar-refractivity contribution in [3.63, 3.8) is 0 Å². The normalized spacial score (nSPS) is 11.9. The maximum Gasteiger partial charge on any atom is 0.190 e. The van der Waals surface area contributed by atoms with Crippen molar-refractivity contribution >= 4 is 5.78 Å². The maximum absolute atomic E-state index is 12.0. The van der Waals surface area contributed by atoms with Crippen LogP contribution in [0.25, 0.3) is 0 Å². The fourth-order valence-corrected chi connectivity index (χ4v) is 1.79. The van der Waals surface area contributed by atoms with E-state index in [1.807, 2.05) is 52.3 Å². The number of nitrogens with zero attached hydrogens (tertiary/aromatic N) is 1. The molecule has 0 aliphatic heterocycles. The molecule has 0 aliphatic rings. The SMILES string of the molecule is Cc1cc(C(=O)COCCOC(C)(C)C)c(C)n1C. The number of carbonyl (C=O) groups excluding carboxylic acids is 1. The third-order valence-electron chi connectivity index (χ3n) is 3.07. The summed E-state index contributed by atoms with van der Waals surface area (Å²) in [5, 5.41) is 0. The van der Waals surface area contributed by atoms with Crippen molar-refractivity contribution < 1.29 is 14.3 Å². The molecular formula is C15H25NO3. The third-order valence-corrected chi connectivity index (χ3v) is 3.07. The van der Waals surface area contributed by atoms with Crippen LogP contribution in [0.5, 0.6) is 0 Å². The molecule has 1 aromatic heterocycles. The Morgan fingerprint density at radius 2 is 1.89 bits per heavy atom. The van der Waals surface area contributed by atoms with Gasteiger partial charge in [0.2, 0.25) is 0 Å². The van der Waals surface area contributed by atoms with Gasteiger partial charge in [-0.15, -0.1) is 0 Å². The molecule has 0 unspecified atom stereocenters. The lowest BCUT2D eigenvalue weighted by molar-refractivity contribution is -0.0324. The first-order chi connectivity index (χ1) is 8.72. The first-order valence-corrected chi connectivity index (χ1v) is 6.60. The second kappa shape index (κ2) is 6.35. The van der Waals surface area contributed by atoms with Crippen molar-refractivity contribution in [3.05, 3.63) is 23.0 Å². The van der Waals surface area contributed by atoms with Crippen LogP contribution >= 0.6 is 0 Å². The number of ether oxygens (including phenoxy) is 2. The van der Waals surface area contributed by atoms with Crippen LogP contribution in [0.4, 0.5) is 0 Å².